The monoisotopic (exact) mass is 284 g/mol. The van der Waals surface area contributed by atoms with Crippen LogP contribution in [-0.4, -0.2) is 64.6 Å². The molecule has 2 aliphatic rings. The SMILES string of the molecule is CCCNCC1(CN(C)CCOCC2CC2)CCOC1. The zero-order chi connectivity index (χ0) is 14.3. The molecule has 1 N–H and O–H groups in total. The highest BCUT2D eigenvalue weighted by Crippen LogP contribution is 2.29. The molecule has 1 saturated carbocycles. The van der Waals surface area contributed by atoms with Gasteiger partial charge < -0.3 is 19.7 Å². The van der Waals surface area contributed by atoms with Crippen LogP contribution in [0.3, 0.4) is 0 Å². The lowest BCUT2D eigenvalue weighted by Gasteiger charge is -2.32. The molecule has 1 aliphatic carbocycles. The van der Waals surface area contributed by atoms with Crippen LogP contribution >= 0.6 is 0 Å². The summed E-state index contributed by atoms with van der Waals surface area (Å²) in [4.78, 5) is 2.41. The number of ether oxygens (including phenoxy) is 2. The second kappa shape index (κ2) is 8.32. The maximum Gasteiger partial charge on any atom is 0.0593 e. The maximum absolute atomic E-state index is 5.74. The fourth-order valence-corrected chi connectivity index (χ4v) is 2.91. The first-order valence-electron chi connectivity index (χ1n) is 8.29. The molecule has 1 unspecified atom stereocenters. The summed E-state index contributed by atoms with van der Waals surface area (Å²) in [6, 6.07) is 0. The van der Waals surface area contributed by atoms with Crippen LogP contribution in [0.1, 0.15) is 32.6 Å². The van der Waals surface area contributed by atoms with Crippen LogP contribution < -0.4 is 5.32 Å². The van der Waals surface area contributed by atoms with Crippen LogP contribution in [0.2, 0.25) is 0 Å². The van der Waals surface area contributed by atoms with Gasteiger partial charge in [0.05, 0.1) is 13.2 Å². The molecule has 0 radical (unpaired) electrons. The minimum Gasteiger partial charge on any atom is -0.381 e. The Morgan fingerprint density at radius 2 is 2.25 bits per heavy atom. The molecule has 1 heterocycles. The average molecular weight is 284 g/mol. The summed E-state index contributed by atoms with van der Waals surface area (Å²) in [5.74, 6) is 0.869. The maximum atomic E-state index is 5.74. The van der Waals surface area contributed by atoms with Gasteiger partial charge in [-0.25, -0.2) is 0 Å². The van der Waals surface area contributed by atoms with Crippen molar-refractivity contribution in [1.82, 2.24) is 10.2 Å². The Kier molecular flexibility index (Phi) is 6.75. The average Bonchev–Trinajstić information content (AvgIpc) is 3.15. The van der Waals surface area contributed by atoms with E-state index in [2.05, 4.69) is 24.2 Å². The molecule has 118 valence electrons. The van der Waals surface area contributed by atoms with Crippen molar-refractivity contribution in [3.63, 3.8) is 0 Å². The highest BCUT2D eigenvalue weighted by molar-refractivity contribution is 4.88. The molecular weight excluding hydrogens is 252 g/mol. The van der Waals surface area contributed by atoms with Gasteiger partial charge in [0.1, 0.15) is 0 Å². The highest BCUT2D eigenvalue weighted by atomic mass is 16.5. The third-order valence-electron chi connectivity index (χ3n) is 4.38. The lowest BCUT2D eigenvalue weighted by Crippen LogP contribution is -2.44. The number of nitrogens with one attached hydrogen (secondary N) is 1. The van der Waals surface area contributed by atoms with Crippen molar-refractivity contribution in [2.24, 2.45) is 11.3 Å². The van der Waals surface area contributed by atoms with Gasteiger partial charge >= 0.3 is 0 Å². The summed E-state index contributed by atoms with van der Waals surface area (Å²) in [6.45, 7) is 10.2. The number of hydrogen-bond donors (Lipinski definition) is 1. The molecule has 0 spiro atoms. The molecule has 0 aromatic heterocycles. The van der Waals surface area contributed by atoms with Crippen molar-refractivity contribution < 1.29 is 9.47 Å². The highest BCUT2D eigenvalue weighted by Gasteiger charge is 2.35. The van der Waals surface area contributed by atoms with Crippen molar-refractivity contribution in [2.75, 3.05) is 59.7 Å². The molecule has 1 aliphatic heterocycles. The standard InChI is InChI=1S/C16H32N2O2/c1-3-7-17-12-16(6-9-20-14-16)13-18(2)8-10-19-11-15-4-5-15/h15,17H,3-14H2,1-2H3. The molecule has 20 heavy (non-hydrogen) atoms. The molecule has 0 aromatic rings. The molecule has 0 amide bonds. The minimum absolute atomic E-state index is 0.306. The predicted molar refractivity (Wildman–Crippen MR) is 82.1 cm³/mol. The number of nitrogens with zero attached hydrogens (tertiary/aromatic N) is 1. The lowest BCUT2D eigenvalue weighted by atomic mass is 9.86. The quantitative estimate of drug-likeness (QED) is 0.586. The number of likely N-dealkylation sites (N-methyl/N-ethyl adjacent to an activating group) is 1. The van der Waals surface area contributed by atoms with E-state index in [1.807, 2.05) is 0 Å². The fourth-order valence-electron chi connectivity index (χ4n) is 2.91. The van der Waals surface area contributed by atoms with E-state index in [1.165, 1.54) is 25.7 Å². The number of rotatable bonds is 11. The summed E-state index contributed by atoms with van der Waals surface area (Å²) in [6.07, 6.45) is 5.12. The smallest absolute Gasteiger partial charge is 0.0593 e. The van der Waals surface area contributed by atoms with E-state index in [0.29, 0.717) is 5.41 Å². The van der Waals surface area contributed by atoms with E-state index in [4.69, 9.17) is 9.47 Å². The molecule has 4 heteroatoms. The first kappa shape index (κ1) is 16.2. The van der Waals surface area contributed by atoms with Crippen LogP contribution in [0.5, 0.6) is 0 Å². The van der Waals surface area contributed by atoms with E-state index < -0.39 is 0 Å². The van der Waals surface area contributed by atoms with Crippen molar-refractivity contribution in [3.05, 3.63) is 0 Å². The van der Waals surface area contributed by atoms with Crippen LogP contribution in [0.25, 0.3) is 0 Å². The van der Waals surface area contributed by atoms with Crippen LogP contribution in [0.4, 0.5) is 0 Å². The van der Waals surface area contributed by atoms with Crippen molar-refractivity contribution in [2.45, 2.75) is 32.6 Å². The van der Waals surface area contributed by atoms with Gasteiger partial charge in [0.25, 0.3) is 0 Å². The van der Waals surface area contributed by atoms with Gasteiger partial charge in [-0.05, 0) is 45.2 Å². The molecule has 1 saturated heterocycles. The van der Waals surface area contributed by atoms with E-state index >= 15 is 0 Å². The fraction of sp³-hybridized carbons (Fsp3) is 1.00. The molecule has 0 aromatic carbocycles. The second-order valence-electron chi connectivity index (χ2n) is 6.74. The molecule has 2 rings (SSSR count). The first-order valence-corrected chi connectivity index (χ1v) is 8.29. The summed E-state index contributed by atoms with van der Waals surface area (Å²) >= 11 is 0. The third kappa shape index (κ3) is 5.68. The molecule has 2 fully saturated rings. The van der Waals surface area contributed by atoms with E-state index in [0.717, 1.165) is 58.5 Å². The zero-order valence-electron chi connectivity index (χ0n) is 13.3. The Hall–Kier alpha value is -0.160. The lowest BCUT2D eigenvalue weighted by molar-refractivity contribution is 0.0784. The van der Waals surface area contributed by atoms with Gasteiger partial charge in [0.2, 0.25) is 0 Å². The van der Waals surface area contributed by atoms with Crippen LogP contribution in [0.15, 0.2) is 0 Å². The van der Waals surface area contributed by atoms with Gasteiger partial charge in [-0.15, -0.1) is 0 Å². The molecule has 0 bridgehead atoms. The van der Waals surface area contributed by atoms with Gasteiger partial charge in [0, 0.05) is 38.3 Å². The van der Waals surface area contributed by atoms with E-state index in [-0.39, 0.29) is 0 Å². The second-order valence-corrected chi connectivity index (χ2v) is 6.74. The van der Waals surface area contributed by atoms with Crippen molar-refractivity contribution in [1.29, 1.82) is 0 Å². The Bertz CT molecular complexity index is 263. The van der Waals surface area contributed by atoms with Gasteiger partial charge in [-0.1, -0.05) is 6.92 Å². The normalized spacial score (nSPS) is 26.6. The van der Waals surface area contributed by atoms with Gasteiger partial charge in [-0.3, -0.25) is 0 Å². The molecular formula is C16H32N2O2. The Morgan fingerprint density at radius 3 is 2.90 bits per heavy atom. The van der Waals surface area contributed by atoms with Crippen molar-refractivity contribution in [3.8, 4) is 0 Å². The molecule has 1 atom stereocenters. The summed E-state index contributed by atoms with van der Waals surface area (Å²) in [5.41, 5.74) is 0.306. The van der Waals surface area contributed by atoms with Gasteiger partial charge in [0.15, 0.2) is 0 Å². The summed E-state index contributed by atoms with van der Waals surface area (Å²) in [7, 11) is 2.21. The van der Waals surface area contributed by atoms with E-state index in [1.54, 1.807) is 0 Å². The van der Waals surface area contributed by atoms with Gasteiger partial charge in [-0.2, -0.15) is 0 Å². The number of hydrogen-bond acceptors (Lipinski definition) is 4. The minimum atomic E-state index is 0.306. The molecule has 4 nitrogen and oxygen atoms in total. The largest absolute Gasteiger partial charge is 0.381 e. The summed E-state index contributed by atoms with van der Waals surface area (Å²) < 4.78 is 11.4. The topological polar surface area (TPSA) is 33.7 Å². The van der Waals surface area contributed by atoms with E-state index in [9.17, 15) is 0 Å². The Labute approximate surface area is 124 Å². The van der Waals surface area contributed by atoms with Crippen molar-refractivity contribution >= 4 is 0 Å². The Morgan fingerprint density at radius 1 is 1.40 bits per heavy atom. The Balaban J connectivity index is 1.63. The third-order valence-corrected chi connectivity index (χ3v) is 4.38. The summed E-state index contributed by atoms with van der Waals surface area (Å²) in [5, 5.41) is 3.58. The zero-order valence-corrected chi connectivity index (χ0v) is 13.3. The van der Waals surface area contributed by atoms with Crippen LogP contribution in [-0.2, 0) is 9.47 Å². The van der Waals surface area contributed by atoms with Crippen LogP contribution in [0, 0.1) is 11.3 Å². The first-order chi connectivity index (χ1) is 9.74. The predicted octanol–water partition coefficient (Wildman–Crippen LogP) is 1.75.